The molecular formula is C22H22N4O3S2. The van der Waals surface area contributed by atoms with E-state index in [1.165, 1.54) is 30.2 Å². The minimum atomic E-state index is -0.483. The summed E-state index contributed by atoms with van der Waals surface area (Å²) >= 11 is 2.63. The highest BCUT2D eigenvalue weighted by atomic mass is 32.2. The van der Waals surface area contributed by atoms with Crippen molar-refractivity contribution in [3.63, 3.8) is 0 Å². The van der Waals surface area contributed by atoms with Crippen LogP contribution in [0.4, 0.5) is 5.00 Å². The number of esters is 1. The van der Waals surface area contributed by atoms with Crippen LogP contribution in [0.3, 0.4) is 0 Å². The summed E-state index contributed by atoms with van der Waals surface area (Å²) in [6.45, 7) is 4.41. The van der Waals surface area contributed by atoms with Crippen molar-refractivity contribution < 1.29 is 14.3 Å². The van der Waals surface area contributed by atoms with Gasteiger partial charge < -0.3 is 14.6 Å². The third-order valence-corrected chi connectivity index (χ3v) is 6.71. The fourth-order valence-electron chi connectivity index (χ4n) is 3.23. The smallest absolute Gasteiger partial charge is 0.341 e. The largest absolute Gasteiger partial charge is 0.465 e. The average molecular weight is 455 g/mol. The van der Waals surface area contributed by atoms with Crippen LogP contribution in [-0.2, 0) is 16.1 Å². The third kappa shape index (κ3) is 4.72. The molecule has 160 valence electrons. The zero-order chi connectivity index (χ0) is 21.8. The van der Waals surface area contributed by atoms with Gasteiger partial charge in [-0.15, -0.1) is 28.1 Å². The first-order valence-corrected chi connectivity index (χ1v) is 11.7. The molecule has 4 rings (SSSR count). The summed E-state index contributed by atoms with van der Waals surface area (Å²) in [7, 11) is 1.33. The van der Waals surface area contributed by atoms with Gasteiger partial charge in [0.25, 0.3) is 0 Å². The Morgan fingerprint density at radius 1 is 1.32 bits per heavy atom. The summed E-state index contributed by atoms with van der Waals surface area (Å²) in [4.78, 5) is 25.1. The average Bonchev–Trinajstić information content (AvgIpc) is 3.43. The number of thiophene rings is 1. The molecule has 1 saturated carbocycles. The molecule has 1 aliphatic carbocycles. The van der Waals surface area contributed by atoms with Crippen molar-refractivity contribution in [1.82, 2.24) is 14.8 Å². The zero-order valence-corrected chi connectivity index (χ0v) is 18.7. The van der Waals surface area contributed by atoms with Crippen molar-refractivity contribution >= 4 is 40.0 Å². The number of anilines is 1. The van der Waals surface area contributed by atoms with Crippen LogP contribution >= 0.6 is 23.1 Å². The summed E-state index contributed by atoms with van der Waals surface area (Å²) < 4.78 is 6.98. The Bertz CT molecular complexity index is 1100. The number of thioether (sulfide) groups is 1. The number of nitrogens with zero attached hydrogens (tertiary/aromatic N) is 3. The molecule has 0 radical (unpaired) electrons. The minimum Gasteiger partial charge on any atom is -0.465 e. The fourth-order valence-corrected chi connectivity index (χ4v) is 4.96. The molecule has 1 N–H and O–H groups in total. The van der Waals surface area contributed by atoms with Crippen LogP contribution in [0.15, 0.2) is 53.5 Å². The molecule has 3 aromatic rings. The number of hydrogen-bond donors (Lipinski definition) is 1. The van der Waals surface area contributed by atoms with E-state index < -0.39 is 5.97 Å². The summed E-state index contributed by atoms with van der Waals surface area (Å²) in [6, 6.07) is 9.55. The molecule has 0 saturated heterocycles. The third-order valence-electron chi connectivity index (χ3n) is 4.85. The monoisotopic (exact) mass is 454 g/mol. The number of allylic oxidation sites excluding steroid dienone is 1. The summed E-state index contributed by atoms with van der Waals surface area (Å²) in [5.41, 5.74) is 1.99. The molecule has 0 bridgehead atoms. The van der Waals surface area contributed by atoms with Crippen LogP contribution < -0.4 is 5.32 Å². The molecule has 2 aromatic heterocycles. The number of nitrogens with one attached hydrogen (secondary N) is 1. The molecule has 1 aromatic carbocycles. The van der Waals surface area contributed by atoms with E-state index in [-0.39, 0.29) is 11.7 Å². The first kappa shape index (κ1) is 21.3. The first-order chi connectivity index (χ1) is 15.1. The van der Waals surface area contributed by atoms with Crippen molar-refractivity contribution in [2.75, 3.05) is 18.2 Å². The zero-order valence-electron chi connectivity index (χ0n) is 17.0. The van der Waals surface area contributed by atoms with E-state index in [0.717, 1.165) is 29.8 Å². The van der Waals surface area contributed by atoms with Crippen LogP contribution in [0.1, 0.15) is 34.9 Å². The lowest BCUT2D eigenvalue weighted by Crippen LogP contribution is -2.16. The number of carbonyl (C=O) groups is 2. The van der Waals surface area contributed by atoms with Gasteiger partial charge in [-0.25, -0.2) is 4.79 Å². The molecule has 7 nitrogen and oxygen atoms in total. The lowest BCUT2D eigenvalue weighted by molar-refractivity contribution is -0.113. The molecule has 1 fully saturated rings. The Morgan fingerprint density at radius 2 is 2.10 bits per heavy atom. The molecule has 1 amide bonds. The van der Waals surface area contributed by atoms with Gasteiger partial charge in [-0.2, -0.15) is 0 Å². The number of carbonyl (C=O) groups excluding carboxylic acids is 2. The highest BCUT2D eigenvalue weighted by Crippen LogP contribution is 2.40. The molecule has 9 heteroatoms. The SMILES string of the molecule is C=CCn1c(SCC(=O)Nc2scc(-c3ccccc3)c2C(=O)OC)nnc1C1CC1. The van der Waals surface area contributed by atoms with Crippen molar-refractivity contribution in [2.24, 2.45) is 0 Å². The Balaban J connectivity index is 1.49. The van der Waals surface area contributed by atoms with E-state index in [0.29, 0.717) is 28.2 Å². The van der Waals surface area contributed by atoms with Gasteiger partial charge in [0.1, 0.15) is 16.4 Å². The molecule has 0 aliphatic heterocycles. The topological polar surface area (TPSA) is 86.1 Å². The summed E-state index contributed by atoms with van der Waals surface area (Å²) in [5.74, 6) is 0.863. The van der Waals surface area contributed by atoms with Crippen LogP contribution in [0.5, 0.6) is 0 Å². The maximum atomic E-state index is 12.7. The summed E-state index contributed by atoms with van der Waals surface area (Å²) in [6.07, 6.45) is 4.05. The lowest BCUT2D eigenvalue weighted by atomic mass is 10.0. The van der Waals surface area contributed by atoms with E-state index in [1.54, 1.807) is 6.08 Å². The van der Waals surface area contributed by atoms with E-state index in [2.05, 4.69) is 22.1 Å². The normalized spacial score (nSPS) is 13.1. The van der Waals surface area contributed by atoms with E-state index >= 15 is 0 Å². The standard InChI is InChI=1S/C22H22N4O3S2/c1-3-11-26-19(15-9-10-15)24-25-22(26)31-13-17(27)23-20-18(21(28)29-2)16(12-30-20)14-7-5-4-6-8-14/h3-8,12,15H,1,9-11,13H2,2H3,(H,23,27). The maximum Gasteiger partial charge on any atom is 0.341 e. The predicted octanol–water partition coefficient (Wildman–Crippen LogP) is 4.59. The number of hydrogen-bond acceptors (Lipinski definition) is 7. The molecule has 0 spiro atoms. The van der Waals surface area contributed by atoms with Gasteiger partial charge in [-0.3, -0.25) is 4.79 Å². The molecule has 1 aliphatic rings. The summed E-state index contributed by atoms with van der Waals surface area (Å²) in [5, 5.41) is 14.4. The van der Waals surface area contributed by atoms with E-state index in [9.17, 15) is 9.59 Å². The first-order valence-electron chi connectivity index (χ1n) is 9.84. The number of aromatic nitrogens is 3. The molecule has 2 heterocycles. The second-order valence-corrected chi connectivity index (χ2v) is 8.88. The molecule has 0 unspecified atom stereocenters. The van der Waals surface area contributed by atoms with Crippen molar-refractivity contribution in [3.05, 3.63) is 59.8 Å². The molecule has 0 atom stereocenters. The molecule has 31 heavy (non-hydrogen) atoms. The van der Waals surface area contributed by atoms with Gasteiger partial charge in [0.15, 0.2) is 5.16 Å². The molecular weight excluding hydrogens is 432 g/mol. The Hall–Kier alpha value is -2.91. The Labute approximate surface area is 188 Å². The quantitative estimate of drug-likeness (QED) is 0.289. The number of methoxy groups -OCH3 is 1. The van der Waals surface area contributed by atoms with Gasteiger partial charge in [-0.05, 0) is 18.4 Å². The van der Waals surface area contributed by atoms with E-state index in [4.69, 9.17) is 4.74 Å². The van der Waals surface area contributed by atoms with E-state index in [1.807, 2.05) is 40.3 Å². The van der Waals surface area contributed by atoms with Crippen LogP contribution in [-0.4, -0.2) is 39.5 Å². The van der Waals surface area contributed by atoms with Gasteiger partial charge >= 0.3 is 5.97 Å². The number of ether oxygens (including phenoxy) is 1. The van der Waals surface area contributed by atoms with Gasteiger partial charge in [-0.1, -0.05) is 48.2 Å². The second-order valence-electron chi connectivity index (χ2n) is 7.06. The van der Waals surface area contributed by atoms with Crippen LogP contribution in [0.2, 0.25) is 0 Å². The van der Waals surface area contributed by atoms with Crippen LogP contribution in [0.25, 0.3) is 11.1 Å². The Morgan fingerprint density at radius 3 is 2.77 bits per heavy atom. The lowest BCUT2D eigenvalue weighted by Gasteiger charge is -2.09. The number of rotatable bonds is 9. The minimum absolute atomic E-state index is 0.152. The van der Waals surface area contributed by atoms with Crippen molar-refractivity contribution in [2.45, 2.75) is 30.5 Å². The number of benzene rings is 1. The van der Waals surface area contributed by atoms with Gasteiger partial charge in [0.2, 0.25) is 5.91 Å². The van der Waals surface area contributed by atoms with Crippen molar-refractivity contribution in [1.29, 1.82) is 0 Å². The number of amides is 1. The predicted molar refractivity (Wildman–Crippen MR) is 123 cm³/mol. The van der Waals surface area contributed by atoms with Crippen molar-refractivity contribution in [3.8, 4) is 11.1 Å². The fraction of sp³-hybridized carbons (Fsp3) is 0.273. The highest BCUT2D eigenvalue weighted by Gasteiger charge is 2.30. The van der Waals surface area contributed by atoms with Crippen LogP contribution in [0, 0.1) is 0 Å². The maximum absolute atomic E-state index is 12.7. The second kappa shape index (κ2) is 9.49. The Kier molecular flexibility index (Phi) is 6.53. The van der Waals surface area contributed by atoms with Gasteiger partial charge in [0.05, 0.1) is 12.9 Å². The van der Waals surface area contributed by atoms with Gasteiger partial charge in [0, 0.05) is 23.4 Å². The highest BCUT2D eigenvalue weighted by molar-refractivity contribution is 7.99.